The molecule has 1 saturated carbocycles. The number of esters is 4. The molecule has 0 bridgehead atoms. The average Bonchev–Trinajstić information content (AvgIpc) is 3.25. The number of epoxide rings is 1. The first-order valence-electron chi connectivity index (χ1n) is 10.6. The topological polar surface area (TPSA) is 135 Å². The first-order valence-corrected chi connectivity index (χ1v) is 10.6. The van der Waals surface area contributed by atoms with E-state index in [-0.39, 0.29) is 35.3 Å². The number of carbonyl (C=O) groups excluding carboxylic acids is 5. The van der Waals surface area contributed by atoms with Crippen LogP contribution in [-0.2, 0) is 47.7 Å². The largest absolute Gasteiger partial charge is 0.461 e. The molecule has 1 unspecified atom stereocenters. The molecule has 10 nitrogen and oxygen atoms in total. The standard InChI is InChI=1S/C23H28O10/c1-11(2)20(27)30-15-9-23(6,32-13(4)25)16(26)7-8-22(5)19(33-22)18-17(15)14(21(28)31-18)10-29-12(3)24/h15,18-19H,1,7-10H2,2-6H3/t15?,18-,19+,22+,23+/m0/s1. The van der Waals surface area contributed by atoms with Crippen molar-refractivity contribution in [2.45, 2.75) is 83.4 Å². The van der Waals surface area contributed by atoms with Crippen LogP contribution in [0, 0.1) is 0 Å². The fraction of sp³-hybridized carbons (Fsp3) is 0.609. The Morgan fingerprint density at radius 3 is 2.36 bits per heavy atom. The van der Waals surface area contributed by atoms with E-state index >= 15 is 0 Å². The zero-order chi connectivity index (χ0) is 24.7. The van der Waals surface area contributed by atoms with Crippen LogP contribution in [0.5, 0.6) is 0 Å². The molecule has 2 fully saturated rings. The third kappa shape index (κ3) is 5.00. The van der Waals surface area contributed by atoms with E-state index in [0.717, 1.165) is 0 Å². The summed E-state index contributed by atoms with van der Waals surface area (Å²) in [6, 6.07) is 0. The highest BCUT2D eigenvalue weighted by Gasteiger charge is 2.63. The van der Waals surface area contributed by atoms with Crippen LogP contribution >= 0.6 is 0 Å². The maximum Gasteiger partial charge on any atom is 0.338 e. The van der Waals surface area contributed by atoms with Gasteiger partial charge in [0.15, 0.2) is 17.5 Å². The lowest BCUT2D eigenvalue weighted by atomic mass is 9.80. The van der Waals surface area contributed by atoms with Crippen LogP contribution in [0.25, 0.3) is 0 Å². The van der Waals surface area contributed by atoms with Crippen LogP contribution in [0.3, 0.4) is 0 Å². The van der Waals surface area contributed by atoms with E-state index in [0.29, 0.717) is 6.42 Å². The summed E-state index contributed by atoms with van der Waals surface area (Å²) in [7, 11) is 0. The lowest BCUT2D eigenvalue weighted by Crippen LogP contribution is -2.47. The minimum absolute atomic E-state index is 0.00855. The summed E-state index contributed by atoms with van der Waals surface area (Å²) in [6.45, 7) is 10.2. The van der Waals surface area contributed by atoms with Gasteiger partial charge in [-0.1, -0.05) is 6.58 Å². The Labute approximate surface area is 191 Å². The summed E-state index contributed by atoms with van der Waals surface area (Å²) in [5.41, 5.74) is -2.13. The van der Waals surface area contributed by atoms with Gasteiger partial charge in [-0.3, -0.25) is 14.4 Å². The zero-order valence-electron chi connectivity index (χ0n) is 19.4. The van der Waals surface area contributed by atoms with Crippen LogP contribution in [0.1, 0.15) is 53.9 Å². The lowest BCUT2D eigenvalue weighted by Gasteiger charge is -2.34. The van der Waals surface area contributed by atoms with E-state index in [1.807, 2.05) is 0 Å². The molecule has 33 heavy (non-hydrogen) atoms. The first-order chi connectivity index (χ1) is 15.3. The number of ketones is 1. The summed E-state index contributed by atoms with van der Waals surface area (Å²) in [5.74, 6) is -3.21. The Morgan fingerprint density at radius 2 is 1.79 bits per heavy atom. The Hall–Kier alpha value is -3.01. The molecule has 2 heterocycles. The Morgan fingerprint density at radius 1 is 1.12 bits per heavy atom. The molecule has 2 aliphatic heterocycles. The Bertz CT molecular complexity index is 962. The zero-order valence-corrected chi connectivity index (χ0v) is 19.4. The molecular weight excluding hydrogens is 436 g/mol. The molecule has 0 aromatic heterocycles. The fourth-order valence-electron chi connectivity index (χ4n) is 4.25. The number of Topliss-reactive ketones (excluding diaryl/α,β-unsaturated/α-hetero) is 1. The van der Waals surface area contributed by atoms with Crippen LogP contribution in [-0.4, -0.2) is 65.8 Å². The van der Waals surface area contributed by atoms with Gasteiger partial charge in [0, 0.05) is 37.8 Å². The quantitative estimate of drug-likeness (QED) is 0.255. The summed E-state index contributed by atoms with van der Waals surface area (Å²) >= 11 is 0. The lowest BCUT2D eigenvalue weighted by molar-refractivity contribution is -0.169. The van der Waals surface area contributed by atoms with E-state index in [1.165, 1.54) is 27.7 Å². The Kier molecular flexibility index (Phi) is 6.52. The maximum absolute atomic E-state index is 13.1. The van der Waals surface area contributed by atoms with Gasteiger partial charge >= 0.3 is 23.9 Å². The van der Waals surface area contributed by atoms with Gasteiger partial charge in [-0.05, 0) is 27.2 Å². The van der Waals surface area contributed by atoms with Gasteiger partial charge < -0.3 is 23.7 Å². The molecule has 0 aromatic carbocycles. The van der Waals surface area contributed by atoms with E-state index in [2.05, 4.69) is 6.58 Å². The SMILES string of the molecule is C=C(C)C(=O)OC1C[C@@](C)(OC(C)=O)C(=O)CC[C@@]2(C)O[C@@H]2[C@H]2OC(=O)C(COC(C)=O)=C12. The summed E-state index contributed by atoms with van der Waals surface area (Å²) in [6.07, 6.45) is -2.63. The van der Waals surface area contributed by atoms with Crippen molar-refractivity contribution in [3.8, 4) is 0 Å². The van der Waals surface area contributed by atoms with E-state index in [9.17, 15) is 24.0 Å². The highest BCUT2D eigenvalue weighted by Crippen LogP contribution is 2.50. The number of hydrogen-bond donors (Lipinski definition) is 0. The molecule has 3 rings (SSSR count). The van der Waals surface area contributed by atoms with E-state index < -0.39 is 60.0 Å². The van der Waals surface area contributed by atoms with Gasteiger partial charge in [-0.15, -0.1) is 0 Å². The molecule has 0 spiro atoms. The van der Waals surface area contributed by atoms with Gasteiger partial charge in [0.2, 0.25) is 0 Å². The van der Waals surface area contributed by atoms with E-state index in [4.69, 9.17) is 23.7 Å². The van der Waals surface area contributed by atoms with Crippen molar-refractivity contribution in [2.24, 2.45) is 0 Å². The Balaban J connectivity index is 2.15. The second-order valence-corrected chi connectivity index (χ2v) is 9.02. The monoisotopic (exact) mass is 464 g/mol. The molecule has 3 aliphatic rings. The molecule has 0 N–H and O–H groups in total. The van der Waals surface area contributed by atoms with Crippen molar-refractivity contribution in [1.82, 2.24) is 0 Å². The molecule has 5 atom stereocenters. The number of ether oxygens (including phenoxy) is 5. The molecule has 10 heteroatoms. The number of hydrogen-bond acceptors (Lipinski definition) is 10. The summed E-state index contributed by atoms with van der Waals surface area (Å²) < 4.78 is 27.5. The van der Waals surface area contributed by atoms with Crippen LogP contribution in [0.15, 0.2) is 23.3 Å². The van der Waals surface area contributed by atoms with E-state index in [1.54, 1.807) is 6.92 Å². The highest BCUT2D eigenvalue weighted by atomic mass is 16.7. The molecule has 0 amide bonds. The van der Waals surface area contributed by atoms with Crippen LogP contribution < -0.4 is 0 Å². The second kappa shape index (κ2) is 8.74. The normalized spacial score (nSPS) is 33.3. The van der Waals surface area contributed by atoms with Crippen LogP contribution in [0.4, 0.5) is 0 Å². The van der Waals surface area contributed by atoms with Gasteiger partial charge in [-0.2, -0.15) is 0 Å². The second-order valence-electron chi connectivity index (χ2n) is 9.02. The highest BCUT2D eigenvalue weighted by molar-refractivity contribution is 5.94. The van der Waals surface area contributed by atoms with Crippen molar-refractivity contribution < 1.29 is 47.7 Å². The minimum Gasteiger partial charge on any atom is -0.461 e. The molecule has 1 saturated heterocycles. The predicted molar refractivity (Wildman–Crippen MR) is 111 cm³/mol. The van der Waals surface area contributed by atoms with Gasteiger partial charge in [0.25, 0.3) is 0 Å². The predicted octanol–water partition coefficient (Wildman–Crippen LogP) is 1.49. The number of fused-ring (bicyclic) bond motifs is 3. The maximum atomic E-state index is 13.1. The minimum atomic E-state index is -1.65. The summed E-state index contributed by atoms with van der Waals surface area (Å²) in [5, 5.41) is 0. The van der Waals surface area contributed by atoms with Crippen LogP contribution in [0.2, 0.25) is 0 Å². The smallest absolute Gasteiger partial charge is 0.338 e. The van der Waals surface area contributed by atoms with Crippen molar-refractivity contribution in [2.75, 3.05) is 6.61 Å². The number of rotatable bonds is 5. The van der Waals surface area contributed by atoms with Gasteiger partial charge in [0.05, 0.1) is 11.2 Å². The molecule has 1 aliphatic carbocycles. The molecular formula is C23H28O10. The molecule has 0 radical (unpaired) electrons. The van der Waals surface area contributed by atoms with Gasteiger partial charge in [-0.25, -0.2) is 9.59 Å². The summed E-state index contributed by atoms with van der Waals surface area (Å²) in [4.78, 5) is 61.6. The van der Waals surface area contributed by atoms with Crippen molar-refractivity contribution in [3.05, 3.63) is 23.3 Å². The third-order valence-corrected chi connectivity index (χ3v) is 6.10. The number of carbonyl (C=O) groups is 5. The fourth-order valence-corrected chi connectivity index (χ4v) is 4.25. The van der Waals surface area contributed by atoms with Crippen molar-refractivity contribution in [1.29, 1.82) is 0 Å². The first kappa shape index (κ1) is 24.6. The third-order valence-electron chi connectivity index (χ3n) is 6.10. The van der Waals surface area contributed by atoms with Gasteiger partial charge in [0.1, 0.15) is 18.8 Å². The molecule has 180 valence electrons. The van der Waals surface area contributed by atoms with Crippen molar-refractivity contribution >= 4 is 29.7 Å². The van der Waals surface area contributed by atoms with Crippen molar-refractivity contribution in [3.63, 3.8) is 0 Å². The molecule has 0 aromatic rings. The average molecular weight is 464 g/mol.